The first-order valence-electron chi connectivity index (χ1n) is 15.8. The Morgan fingerprint density at radius 2 is 1.09 bits per heavy atom. The molecular formula is C45H28. The molecule has 0 aromatic heterocycles. The lowest BCUT2D eigenvalue weighted by Crippen LogP contribution is -2.14. The first-order valence-corrected chi connectivity index (χ1v) is 15.8. The summed E-state index contributed by atoms with van der Waals surface area (Å²) in [4.78, 5) is 0. The van der Waals surface area contributed by atoms with Crippen LogP contribution in [0.5, 0.6) is 0 Å². The summed E-state index contributed by atoms with van der Waals surface area (Å²) in [6.45, 7) is 4.66. The lowest BCUT2D eigenvalue weighted by atomic mass is 9.79. The minimum atomic E-state index is -0.150. The third-order valence-corrected chi connectivity index (χ3v) is 10.4. The van der Waals surface area contributed by atoms with Crippen LogP contribution in [0.25, 0.3) is 88.0 Å². The summed E-state index contributed by atoms with van der Waals surface area (Å²) in [7, 11) is 0. The Kier molecular flexibility index (Phi) is 4.80. The summed E-state index contributed by atoms with van der Waals surface area (Å²) in [6.07, 6.45) is 0. The summed E-state index contributed by atoms with van der Waals surface area (Å²) in [5.41, 5.74) is 15.6. The van der Waals surface area contributed by atoms with E-state index in [-0.39, 0.29) is 5.41 Å². The normalized spacial score (nSPS) is 13.6. The molecule has 8 aromatic rings. The zero-order valence-electron chi connectivity index (χ0n) is 25.2. The average molecular weight is 569 g/mol. The van der Waals surface area contributed by atoms with Crippen LogP contribution in [-0.2, 0) is 5.41 Å². The van der Waals surface area contributed by atoms with E-state index in [0.717, 1.165) is 0 Å². The second-order valence-electron chi connectivity index (χ2n) is 13.1. The van der Waals surface area contributed by atoms with E-state index in [4.69, 9.17) is 0 Å². The maximum absolute atomic E-state index is 3.46. The van der Waals surface area contributed by atoms with Crippen molar-refractivity contribution in [3.05, 3.63) is 157 Å². The molecule has 2 aliphatic rings. The van der Waals surface area contributed by atoms with Gasteiger partial charge in [0.25, 0.3) is 0 Å². The SMILES string of the molecule is CC1(C)c2c#cccc2-c2ccc(-c3c4c(c(-c5cccc6ccccc56)c5ccccc35)-c3cccc5cccc-4c35)cc21. The zero-order chi connectivity index (χ0) is 29.9. The topological polar surface area (TPSA) is 0 Å². The fraction of sp³-hybridized carbons (Fsp3) is 0.0667. The molecular weight excluding hydrogens is 540 g/mol. The van der Waals surface area contributed by atoms with Gasteiger partial charge in [0.2, 0.25) is 0 Å². The molecule has 0 radical (unpaired) electrons. The Balaban J connectivity index is 1.38. The molecule has 0 unspecified atom stereocenters. The van der Waals surface area contributed by atoms with E-state index in [2.05, 4.69) is 153 Å². The number of fused-ring (bicyclic) bond motifs is 8. The van der Waals surface area contributed by atoms with Crippen molar-refractivity contribution in [2.45, 2.75) is 19.3 Å². The van der Waals surface area contributed by atoms with Crippen LogP contribution < -0.4 is 0 Å². The van der Waals surface area contributed by atoms with E-state index in [1.165, 1.54) is 99.1 Å². The third kappa shape index (κ3) is 3.18. The Labute approximate surface area is 263 Å². The minimum Gasteiger partial charge on any atom is -0.0699 e. The molecule has 8 aromatic carbocycles. The molecule has 0 heteroatoms. The largest absolute Gasteiger partial charge is 0.0699 e. The molecule has 0 spiro atoms. The maximum atomic E-state index is 3.46. The molecule has 208 valence electrons. The Hall–Kier alpha value is -5.64. The van der Waals surface area contributed by atoms with Gasteiger partial charge in [-0.2, -0.15) is 0 Å². The molecule has 0 aliphatic heterocycles. The van der Waals surface area contributed by atoms with Gasteiger partial charge in [0.1, 0.15) is 0 Å². The number of rotatable bonds is 2. The summed E-state index contributed by atoms with van der Waals surface area (Å²) >= 11 is 0. The molecule has 0 N–H and O–H groups in total. The third-order valence-electron chi connectivity index (χ3n) is 10.4. The van der Waals surface area contributed by atoms with Crippen molar-refractivity contribution in [1.82, 2.24) is 0 Å². The quantitative estimate of drug-likeness (QED) is 0.195. The van der Waals surface area contributed by atoms with Crippen LogP contribution in [0.2, 0.25) is 0 Å². The number of hydrogen-bond acceptors (Lipinski definition) is 0. The average Bonchev–Trinajstić information content (AvgIpc) is 3.53. The maximum Gasteiger partial charge on any atom is 0.0238 e. The van der Waals surface area contributed by atoms with Crippen LogP contribution in [-0.4, -0.2) is 0 Å². The van der Waals surface area contributed by atoms with Gasteiger partial charge in [-0.1, -0.05) is 141 Å². The first kappa shape index (κ1) is 24.8. The van der Waals surface area contributed by atoms with Gasteiger partial charge >= 0.3 is 0 Å². The van der Waals surface area contributed by atoms with Crippen molar-refractivity contribution in [3.8, 4) is 55.6 Å². The molecule has 0 heterocycles. The smallest absolute Gasteiger partial charge is 0.0238 e. The van der Waals surface area contributed by atoms with Crippen LogP contribution in [0.4, 0.5) is 0 Å². The van der Waals surface area contributed by atoms with Gasteiger partial charge in [0.15, 0.2) is 0 Å². The van der Waals surface area contributed by atoms with Crippen molar-refractivity contribution >= 4 is 32.3 Å². The van der Waals surface area contributed by atoms with Crippen molar-refractivity contribution in [2.24, 2.45) is 0 Å². The van der Waals surface area contributed by atoms with Gasteiger partial charge in [-0.05, 0) is 112 Å². The Morgan fingerprint density at radius 1 is 0.467 bits per heavy atom. The molecule has 2 aliphatic carbocycles. The van der Waals surface area contributed by atoms with Crippen molar-refractivity contribution < 1.29 is 0 Å². The van der Waals surface area contributed by atoms with Crippen molar-refractivity contribution in [1.29, 1.82) is 0 Å². The van der Waals surface area contributed by atoms with Crippen molar-refractivity contribution in [3.63, 3.8) is 0 Å². The Morgan fingerprint density at radius 3 is 1.87 bits per heavy atom. The van der Waals surface area contributed by atoms with Gasteiger partial charge < -0.3 is 0 Å². The predicted octanol–water partition coefficient (Wildman–Crippen LogP) is 12.0. The van der Waals surface area contributed by atoms with Crippen LogP contribution in [0, 0.1) is 12.1 Å². The van der Waals surface area contributed by atoms with E-state index in [0.29, 0.717) is 0 Å². The highest BCUT2D eigenvalue weighted by atomic mass is 14.4. The van der Waals surface area contributed by atoms with E-state index >= 15 is 0 Å². The molecule has 0 saturated carbocycles. The lowest BCUT2D eigenvalue weighted by molar-refractivity contribution is 0.661. The van der Waals surface area contributed by atoms with E-state index in [9.17, 15) is 0 Å². The van der Waals surface area contributed by atoms with Crippen LogP contribution in [0.1, 0.15) is 25.0 Å². The predicted molar refractivity (Wildman–Crippen MR) is 189 cm³/mol. The van der Waals surface area contributed by atoms with Crippen LogP contribution in [0.15, 0.2) is 133 Å². The number of benzene rings is 7. The van der Waals surface area contributed by atoms with Crippen LogP contribution >= 0.6 is 0 Å². The second kappa shape index (κ2) is 8.72. The highest BCUT2D eigenvalue weighted by molar-refractivity contribution is 6.28. The molecule has 0 fully saturated rings. The first-order chi connectivity index (χ1) is 22.1. The number of hydrogen-bond donors (Lipinski definition) is 0. The molecule has 0 saturated heterocycles. The molecule has 45 heavy (non-hydrogen) atoms. The van der Waals surface area contributed by atoms with Gasteiger partial charge in [-0.15, -0.1) is 0 Å². The van der Waals surface area contributed by atoms with Gasteiger partial charge in [-0.3, -0.25) is 0 Å². The summed E-state index contributed by atoms with van der Waals surface area (Å²) in [5.74, 6) is 0. The molecule has 0 nitrogen and oxygen atoms in total. The highest BCUT2D eigenvalue weighted by Gasteiger charge is 2.37. The fourth-order valence-corrected chi connectivity index (χ4v) is 8.45. The monoisotopic (exact) mass is 568 g/mol. The van der Waals surface area contributed by atoms with E-state index in [1.54, 1.807) is 0 Å². The second-order valence-corrected chi connectivity index (χ2v) is 13.1. The lowest BCUT2D eigenvalue weighted by Gasteiger charge is -2.23. The van der Waals surface area contributed by atoms with Crippen molar-refractivity contribution in [2.75, 3.05) is 0 Å². The molecule has 0 amide bonds. The van der Waals surface area contributed by atoms with Gasteiger partial charge in [0, 0.05) is 11.0 Å². The van der Waals surface area contributed by atoms with Crippen LogP contribution in [0.3, 0.4) is 0 Å². The van der Waals surface area contributed by atoms with Gasteiger partial charge in [-0.25, -0.2) is 0 Å². The molecule has 10 rings (SSSR count). The highest BCUT2D eigenvalue weighted by Crippen LogP contribution is 2.59. The summed E-state index contributed by atoms with van der Waals surface area (Å²) < 4.78 is 0. The molecule has 0 atom stereocenters. The summed E-state index contributed by atoms with van der Waals surface area (Å²) in [6, 6.07) is 56.3. The van der Waals surface area contributed by atoms with E-state index in [1.807, 2.05) is 6.07 Å². The van der Waals surface area contributed by atoms with Gasteiger partial charge in [0.05, 0.1) is 0 Å². The Bertz CT molecular complexity index is 2550. The summed E-state index contributed by atoms with van der Waals surface area (Å²) in [5, 5.41) is 7.77. The molecule has 0 bridgehead atoms. The standard InChI is InChI=1S/C45H28/c1-45(2)38-23-8-7-17-31(38)32-25-24-29(26-39(32)45)41-34-18-5-6-19-35(34)42(33-20-9-13-27-12-3-4-16-30(27)33)44-37-22-11-15-28-14-10-21-36(40(28)37)43(41)44/h3-7,9-22,24-26H,1-2H3. The zero-order valence-corrected chi connectivity index (χ0v) is 25.2. The fourth-order valence-electron chi connectivity index (χ4n) is 8.45. The minimum absolute atomic E-state index is 0.150. The van der Waals surface area contributed by atoms with E-state index < -0.39 is 0 Å².